The quantitative estimate of drug-likeness (QED) is 0.611. The van der Waals surface area contributed by atoms with Crippen molar-refractivity contribution in [2.24, 2.45) is 0 Å². The Morgan fingerprint density at radius 3 is 2.82 bits per heavy atom. The largest absolute Gasteiger partial charge is 0.487 e. The molecule has 0 atom stereocenters. The maximum atomic E-state index is 11.9. The fourth-order valence-electron chi connectivity index (χ4n) is 1.60. The van der Waals surface area contributed by atoms with Crippen LogP contribution in [0.2, 0.25) is 0 Å². The summed E-state index contributed by atoms with van der Waals surface area (Å²) in [6.07, 6.45) is 1.64. The lowest BCUT2D eigenvalue weighted by Crippen LogP contribution is -2.34. The van der Waals surface area contributed by atoms with Gasteiger partial charge in [-0.1, -0.05) is 24.8 Å². The number of furan rings is 1. The molecule has 2 rings (SSSR count). The number of ether oxygens (including phenoxy) is 1. The summed E-state index contributed by atoms with van der Waals surface area (Å²) in [5.41, 5.74) is 0.648. The fourth-order valence-corrected chi connectivity index (χ4v) is 2.11. The number of hydrogen-bond donors (Lipinski definition) is 2. The number of para-hydroxylation sites is 2. The van der Waals surface area contributed by atoms with E-state index in [1.165, 1.54) is 0 Å². The predicted molar refractivity (Wildman–Crippen MR) is 92.2 cm³/mol. The van der Waals surface area contributed by atoms with Gasteiger partial charge in [-0.15, -0.1) is 0 Å². The lowest BCUT2D eigenvalue weighted by molar-refractivity contribution is 0.0949. The van der Waals surface area contributed by atoms with Crippen molar-refractivity contribution in [2.75, 3.05) is 11.9 Å². The van der Waals surface area contributed by atoms with Gasteiger partial charge in [0.1, 0.15) is 12.4 Å². The number of nitrogens with one attached hydrogen (secondary N) is 2. The monoisotopic (exact) mass is 380 g/mol. The van der Waals surface area contributed by atoms with Gasteiger partial charge in [0.15, 0.2) is 15.5 Å². The van der Waals surface area contributed by atoms with Gasteiger partial charge < -0.3 is 14.5 Å². The zero-order valence-corrected chi connectivity index (χ0v) is 13.9. The van der Waals surface area contributed by atoms with Crippen molar-refractivity contribution >= 4 is 44.9 Å². The minimum Gasteiger partial charge on any atom is -0.487 e. The normalized spacial score (nSPS) is 9.86. The average molecular weight is 381 g/mol. The van der Waals surface area contributed by atoms with E-state index in [-0.39, 0.29) is 10.9 Å². The number of benzene rings is 1. The van der Waals surface area contributed by atoms with Crippen LogP contribution in [-0.2, 0) is 0 Å². The molecule has 2 aromatic rings. The molecule has 1 amide bonds. The van der Waals surface area contributed by atoms with Gasteiger partial charge in [-0.25, -0.2) is 0 Å². The molecule has 0 saturated carbocycles. The number of amides is 1. The molecule has 0 radical (unpaired) electrons. The van der Waals surface area contributed by atoms with Gasteiger partial charge in [-0.3, -0.25) is 10.1 Å². The van der Waals surface area contributed by atoms with Crippen LogP contribution in [0.1, 0.15) is 10.6 Å². The molecule has 1 aromatic heterocycles. The van der Waals surface area contributed by atoms with Crippen molar-refractivity contribution in [3.8, 4) is 5.75 Å². The van der Waals surface area contributed by atoms with Gasteiger partial charge >= 0.3 is 0 Å². The number of thiocarbonyl (C=S) groups is 1. The van der Waals surface area contributed by atoms with Crippen molar-refractivity contribution < 1.29 is 13.9 Å². The molecule has 114 valence electrons. The molecule has 2 N–H and O–H groups in total. The Balaban J connectivity index is 2.00. The fraction of sp³-hybridized carbons (Fsp3) is 0.0667. The lowest BCUT2D eigenvalue weighted by atomic mass is 10.3. The summed E-state index contributed by atoms with van der Waals surface area (Å²) < 4.78 is 11.1. The van der Waals surface area contributed by atoms with E-state index in [9.17, 15) is 4.79 Å². The van der Waals surface area contributed by atoms with Gasteiger partial charge in [0, 0.05) is 0 Å². The second-order valence-corrected chi connectivity index (χ2v) is 5.30. The maximum Gasteiger partial charge on any atom is 0.293 e. The second kappa shape index (κ2) is 7.77. The summed E-state index contributed by atoms with van der Waals surface area (Å²) in [6.45, 7) is 3.97. The van der Waals surface area contributed by atoms with Crippen LogP contribution in [0.15, 0.2) is 58.1 Å². The first-order valence-electron chi connectivity index (χ1n) is 6.30. The third kappa shape index (κ3) is 4.44. The standard InChI is InChI=1S/C15H13BrN2O3S/c1-2-9-20-11-6-4-3-5-10(11)17-15(22)18-14(19)12-7-8-13(16)21-12/h2-8H,1,9H2,(H2,17,18,19,22). The molecule has 0 spiro atoms. The van der Waals surface area contributed by atoms with Gasteiger partial charge in [0.2, 0.25) is 0 Å². The first kappa shape index (κ1) is 16.3. The van der Waals surface area contributed by atoms with E-state index in [4.69, 9.17) is 21.4 Å². The van der Waals surface area contributed by atoms with Crippen LogP contribution in [0.5, 0.6) is 5.75 Å². The smallest absolute Gasteiger partial charge is 0.293 e. The number of carbonyl (C=O) groups is 1. The first-order valence-corrected chi connectivity index (χ1v) is 7.50. The third-order valence-corrected chi connectivity index (χ3v) is 3.15. The van der Waals surface area contributed by atoms with Crippen LogP contribution in [-0.4, -0.2) is 17.6 Å². The highest BCUT2D eigenvalue weighted by molar-refractivity contribution is 9.10. The molecule has 1 heterocycles. The molecule has 0 bridgehead atoms. The maximum absolute atomic E-state index is 11.9. The lowest BCUT2D eigenvalue weighted by Gasteiger charge is -2.13. The minimum atomic E-state index is -0.437. The molecule has 22 heavy (non-hydrogen) atoms. The van der Waals surface area contributed by atoms with Crippen LogP contribution in [0.25, 0.3) is 0 Å². The molecule has 0 aliphatic heterocycles. The molecule has 0 unspecified atom stereocenters. The number of anilines is 1. The van der Waals surface area contributed by atoms with Crippen LogP contribution in [0.3, 0.4) is 0 Å². The highest BCUT2D eigenvalue weighted by Gasteiger charge is 2.13. The molecule has 0 aliphatic carbocycles. The van der Waals surface area contributed by atoms with E-state index in [1.807, 2.05) is 12.1 Å². The van der Waals surface area contributed by atoms with Crippen molar-refractivity contribution in [1.82, 2.24) is 5.32 Å². The predicted octanol–water partition coefficient (Wildman–Crippen LogP) is 3.73. The van der Waals surface area contributed by atoms with Gasteiger partial charge in [0.25, 0.3) is 5.91 Å². The van der Waals surface area contributed by atoms with Gasteiger partial charge in [-0.2, -0.15) is 0 Å². The summed E-state index contributed by atoms with van der Waals surface area (Å²) in [6, 6.07) is 10.4. The summed E-state index contributed by atoms with van der Waals surface area (Å²) in [5, 5.41) is 5.59. The third-order valence-electron chi connectivity index (χ3n) is 2.52. The van der Waals surface area contributed by atoms with Crippen LogP contribution < -0.4 is 15.4 Å². The Hall–Kier alpha value is -2.12. The van der Waals surface area contributed by atoms with E-state index in [0.29, 0.717) is 22.7 Å². The highest BCUT2D eigenvalue weighted by Crippen LogP contribution is 2.23. The molecule has 5 nitrogen and oxygen atoms in total. The average Bonchev–Trinajstić information content (AvgIpc) is 2.93. The Morgan fingerprint density at radius 2 is 2.14 bits per heavy atom. The topological polar surface area (TPSA) is 63.5 Å². The van der Waals surface area contributed by atoms with E-state index in [0.717, 1.165) is 0 Å². The first-order chi connectivity index (χ1) is 10.6. The van der Waals surface area contributed by atoms with E-state index in [2.05, 4.69) is 33.1 Å². The summed E-state index contributed by atoms with van der Waals surface area (Å²) >= 11 is 8.25. The van der Waals surface area contributed by atoms with Crippen molar-refractivity contribution in [1.29, 1.82) is 0 Å². The Bertz CT molecular complexity index is 700. The number of carbonyl (C=O) groups excluding carboxylic acids is 1. The zero-order valence-electron chi connectivity index (χ0n) is 11.5. The summed E-state index contributed by atoms with van der Waals surface area (Å²) in [5.74, 6) is 0.333. The summed E-state index contributed by atoms with van der Waals surface area (Å²) in [7, 11) is 0. The SMILES string of the molecule is C=CCOc1ccccc1NC(=S)NC(=O)c1ccc(Br)o1. The van der Waals surface area contributed by atoms with Crippen LogP contribution in [0, 0.1) is 0 Å². The van der Waals surface area contributed by atoms with E-state index < -0.39 is 5.91 Å². The molecular weight excluding hydrogens is 368 g/mol. The molecule has 0 aliphatic rings. The van der Waals surface area contributed by atoms with Crippen molar-refractivity contribution in [3.63, 3.8) is 0 Å². The van der Waals surface area contributed by atoms with Crippen molar-refractivity contribution in [3.05, 3.63) is 59.5 Å². The van der Waals surface area contributed by atoms with Crippen LogP contribution >= 0.6 is 28.1 Å². The van der Waals surface area contributed by atoms with E-state index in [1.54, 1.807) is 30.3 Å². The van der Waals surface area contributed by atoms with Gasteiger partial charge in [0.05, 0.1) is 5.69 Å². The Kier molecular flexibility index (Phi) is 5.74. The Labute approximate surface area is 141 Å². The molecule has 7 heteroatoms. The van der Waals surface area contributed by atoms with Crippen LogP contribution in [0.4, 0.5) is 5.69 Å². The number of rotatable bonds is 5. The molecule has 0 fully saturated rings. The molecule has 1 aromatic carbocycles. The number of hydrogen-bond acceptors (Lipinski definition) is 4. The van der Waals surface area contributed by atoms with Crippen molar-refractivity contribution in [2.45, 2.75) is 0 Å². The minimum absolute atomic E-state index is 0.146. The highest BCUT2D eigenvalue weighted by atomic mass is 79.9. The molecular formula is C15H13BrN2O3S. The van der Waals surface area contributed by atoms with Gasteiger partial charge in [-0.05, 0) is 52.4 Å². The van der Waals surface area contributed by atoms with E-state index >= 15 is 0 Å². The number of halogens is 1. The summed E-state index contributed by atoms with van der Waals surface area (Å²) in [4.78, 5) is 11.9. The molecule has 0 saturated heterocycles. The Morgan fingerprint density at radius 1 is 1.36 bits per heavy atom. The zero-order chi connectivity index (χ0) is 15.9. The second-order valence-electron chi connectivity index (χ2n) is 4.11.